The first-order valence-corrected chi connectivity index (χ1v) is 13.0. The van der Waals surface area contributed by atoms with Crippen LogP contribution in [0.1, 0.15) is 38.7 Å². The molecule has 1 heterocycles. The van der Waals surface area contributed by atoms with Gasteiger partial charge in [-0.15, -0.1) is 0 Å². The van der Waals surface area contributed by atoms with E-state index in [-0.39, 0.29) is 30.0 Å². The van der Waals surface area contributed by atoms with E-state index in [1.165, 1.54) is 12.3 Å². The Morgan fingerprint density at radius 3 is 2.55 bits per heavy atom. The van der Waals surface area contributed by atoms with E-state index in [2.05, 4.69) is 26.3 Å². The van der Waals surface area contributed by atoms with Gasteiger partial charge in [-0.1, -0.05) is 6.92 Å². The average Bonchev–Trinajstić information content (AvgIpc) is 3.45. The monoisotopic (exact) mass is 561 g/mol. The number of nitrogens with one attached hydrogen (secondary N) is 4. The number of urea groups is 1. The summed E-state index contributed by atoms with van der Waals surface area (Å²) in [6.45, 7) is 4.71. The van der Waals surface area contributed by atoms with Crippen LogP contribution in [0.25, 0.3) is 0 Å². The van der Waals surface area contributed by atoms with Gasteiger partial charge in [0.15, 0.2) is 0 Å². The number of carbonyl (C=O) groups excluding carboxylic acids is 2. The molecule has 0 aliphatic carbocycles. The van der Waals surface area contributed by atoms with E-state index >= 15 is 0 Å². The second-order valence-corrected chi connectivity index (χ2v) is 9.09. The van der Waals surface area contributed by atoms with E-state index in [9.17, 15) is 22.8 Å². The van der Waals surface area contributed by atoms with Crippen LogP contribution in [0, 0.1) is 0 Å². The predicted octanol–water partition coefficient (Wildman–Crippen LogP) is 5.36. The molecule has 1 saturated heterocycles. The molecule has 1 aliphatic rings. The first-order valence-electron chi connectivity index (χ1n) is 13.0. The van der Waals surface area contributed by atoms with Crippen molar-refractivity contribution in [3.8, 4) is 11.5 Å². The SMILES string of the molecule is CC/C(=C\C=NC(C)C(=O)NC)Oc1ccc(NC(=O)Nc2cc(C(F)(F)F)ccc2OCC2CCCN2)cc1. The van der Waals surface area contributed by atoms with Crippen LogP contribution in [0.5, 0.6) is 11.5 Å². The van der Waals surface area contributed by atoms with Gasteiger partial charge in [0.1, 0.15) is 29.9 Å². The molecule has 0 spiro atoms. The molecular formula is C28H34F3N5O4. The lowest BCUT2D eigenvalue weighted by molar-refractivity contribution is -0.137. The molecule has 0 saturated carbocycles. The van der Waals surface area contributed by atoms with E-state index in [1.54, 1.807) is 44.3 Å². The van der Waals surface area contributed by atoms with Crippen molar-refractivity contribution in [3.05, 3.63) is 59.9 Å². The highest BCUT2D eigenvalue weighted by atomic mass is 19.4. The van der Waals surface area contributed by atoms with E-state index in [0.717, 1.165) is 31.5 Å². The summed E-state index contributed by atoms with van der Waals surface area (Å²) in [4.78, 5) is 28.3. The third-order valence-corrected chi connectivity index (χ3v) is 6.06. The zero-order valence-corrected chi connectivity index (χ0v) is 22.6. The Morgan fingerprint density at radius 1 is 1.18 bits per heavy atom. The van der Waals surface area contributed by atoms with Gasteiger partial charge in [-0.25, -0.2) is 4.79 Å². The van der Waals surface area contributed by atoms with Crippen LogP contribution in [-0.4, -0.2) is 50.4 Å². The summed E-state index contributed by atoms with van der Waals surface area (Å²) in [6, 6.07) is 8.30. The van der Waals surface area contributed by atoms with Gasteiger partial charge >= 0.3 is 12.2 Å². The molecule has 9 nitrogen and oxygen atoms in total. The number of aliphatic imine (C=N–C) groups is 1. The number of benzene rings is 2. The fourth-order valence-corrected chi connectivity index (χ4v) is 3.82. The highest BCUT2D eigenvalue weighted by Crippen LogP contribution is 2.35. The Morgan fingerprint density at radius 2 is 1.93 bits per heavy atom. The highest BCUT2D eigenvalue weighted by molar-refractivity contribution is 6.00. The van der Waals surface area contributed by atoms with Gasteiger partial charge in [-0.2, -0.15) is 13.2 Å². The number of ether oxygens (including phenoxy) is 2. The van der Waals surface area contributed by atoms with Gasteiger partial charge < -0.3 is 30.7 Å². The molecule has 40 heavy (non-hydrogen) atoms. The topological polar surface area (TPSA) is 113 Å². The summed E-state index contributed by atoms with van der Waals surface area (Å²) < 4.78 is 51.5. The van der Waals surface area contributed by atoms with E-state index in [0.29, 0.717) is 23.6 Å². The third-order valence-electron chi connectivity index (χ3n) is 6.06. The third kappa shape index (κ3) is 9.30. The smallest absolute Gasteiger partial charge is 0.416 e. The van der Waals surface area contributed by atoms with Crippen LogP contribution in [0.4, 0.5) is 29.3 Å². The normalized spacial score (nSPS) is 16.4. The number of rotatable bonds is 11. The van der Waals surface area contributed by atoms with E-state index in [1.807, 2.05) is 6.92 Å². The Bertz CT molecular complexity index is 1210. The summed E-state index contributed by atoms with van der Waals surface area (Å²) in [5.41, 5.74) is -0.587. The van der Waals surface area contributed by atoms with Crippen molar-refractivity contribution in [1.29, 1.82) is 0 Å². The zero-order chi connectivity index (χ0) is 29.1. The molecule has 2 unspecified atom stereocenters. The van der Waals surface area contributed by atoms with Crippen LogP contribution < -0.4 is 30.7 Å². The molecule has 1 fully saturated rings. The number of likely N-dealkylation sites (N-methyl/N-ethyl adjacent to an activating group) is 1. The lowest BCUT2D eigenvalue weighted by Crippen LogP contribution is -2.28. The van der Waals surface area contributed by atoms with Gasteiger partial charge in [-0.05, 0) is 74.9 Å². The quantitative estimate of drug-likeness (QED) is 0.218. The Balaban J connectivity index is 1.63. The molecule has 12 heteroatoms. The molecule has 2 atom stereocenters. The van der Waals surface area contributed by atoms with Crippen molar-refractivity contribution in [3.63, 3.8) is 0 Å². The van der Waals surface area contributed by atoms with Gasteiger partial charge in [0.25, 0.3) is 0 Å². The summed E-state index contributed by atoms with van der Waals surface area (Å²) >= 11 is 0. The summed E-state index contributed by atoms with van der Waals surface area (Å²) in [5.74, 6) is 1.05. The zero-order valence-electron chi connectivity index (χ0n) is 22.6. The maximum absolute atomic E-state index is 13.3. The number of nitrogens with zero attached hydrogens (tertiary/aromatic N) is 1. The Kier molecular flexibility index (Phi) is 10.9. The number of halogens is 3. The standard InChI is InChI=1S/C28H34F3N5O4/c1-4-22(13-15-33-18(2)26(37)32-3)40-23-10-8-20(9-11-23)35-27(38)36-24-16-19(28(29,30)31)7-12-25(24)39-17-21-6-5-14-34-21/h7-13,15-16,18,21,34H,4-6,14,17H2,1-3H3,(H,32,37)(H2,35,36,38)/b22-13+,33-15?. The van der Waals surface area contributed by atoms with Crippen LogP contribution in [-0.2, 0) is 11.0 Å². The van der Waals surface area contributed by atoms with Crippen molar-refractivity contribution in [2.45, 2.75) is 51.4 Å². The first-order chi connectivity index (χ1) is 19.1. The van der Waals surface area contributed by atoms with Gasteiger partial charge in [-0.3, -0.25) is 9.79 Å². The lowest BCUT2D eigenvalue weighted by atomic mass is 10.1. The second kappa shape index (κ2) is 14.4. The van der Waals surface area contributed by atoms with Crippen molar-refractivity contribution < 1.29 is 32.2 Å². The number of hydrogen-bond acceptors (Lipinski definition) is 6. The number of carbonyl (C=O) groups is 2. The number of allylic oxidation sites excluding steroid dienone is 2. The van der Waals surface area contributed by atoms with Crippen LogP contribution in [0.3, 0.4) is 0 Å². The van der Waals surface area contributed by atoms with Crippen molar-refractivity contribution in [2.24, 2.45) is 4.99 Å². The van der Waals surface area contributed by atoms with Crippen LogP contribution >= 0.6 is 0 Å². The number of alkyl halides is 3. The molecule has 2 aromatic rings. The van der Waals surface area contributed by atoms with Crippen molar-refractivity contribution in [2.75, 3.05) is 30.8 Å². The number of hydrogen-bond donors (Lipinski definition) is 4. The summed E-state index contributed by atoms with van der Waals surface area (Å²) in [6.07, 6.45) is 1.07. The minimum Gasteiger partial charge on any atom is -0.490 e. The fraction of sp³-hybridized carbons (Fsp3) is 0.393. The average molecular weight is 562 g/mol. The molecule has 0 aromatic heterocycles. The maximum Gasteiger partial charge on any atom is 0.416 e. The molecule has 216 valence electrons. The molecule has 3 rings (SSSR count). The molecule has 0 radical (unpaired) electrons. The number of anilines is 2. The van der Waals surface area contributed by atoms with Crippen molar-refractivity contribution in [1.82, 2.24) is 10.6 Å². The molecule has 4 N–H and O–H groups in total. The van der Waals surface area contributed by atoms with Crippen LogP contribution in [0.15, 0.2) is 59.3 Å². The summed E-state index contributed by atoms with van der Waals surface area (Å²) in [7, 11) is 1.54. The molecular weight excluding hydrogens is 527 g/mol. The highest BCUT2D eigenvalue weighted by Gasteiger charge is 2.31. The fourth-order valence-electron chi connectivity index (χ4n) is 3.82. The number of amides is 3. The van der Waals surface area contributed by atoms with Crippen LogP contribution in [0.2, 0.25) is 0 Å². The van der Waals surface area contributed by atoms with Gasteiger partial charge in [0.2, 0.25) is 5.91 Å². The Labute approximate surface area is 231 Å². The Hall–Kier alpha value is -4.06. The molecule has 3 amide bonds. The van der Waals surface area contributed by atoms with Gasteiger partial charge in [0.05, 0.1) is 11.3 Å². The minimum atomic E-state index is -4.58. The van der Waals surface area contributed by atoms with Crippen molar-refractivity contribution >= 4 is 29.5 Å². The van der Waals surface area contributed by atoms with E-state index < -0.39 is 23.8 Å². The largest absolute Gasteiger partial charge is 0.490 e. The second-order valence-electron chi connectivity index (χ2n) is 9.09. The summed E-state index contributed by atoms with van der Waals surface area (Å²) in [5, 5.41) is 10.9. The van der Waals surface area contributed by atoms with Gasteiger partial charge in [0, 0.05) is 31.4 Å². The lowest BCUT2D eigenvalue weighted by Gasteiger charge is -2.18. The molecule has 2 aromatic carbocycles. The molecule has 1 aliphatic heterocycles. The molecule has 0 bridgehead atoms. The van der Waals surface area contributed by atoms with E-state index in [4.69, 9.17) is 9.47 Å². The maximum atomic E-state index is 13.3. The first kappa shape index (κ1) is 30.5. The predicted molar refractivity (Wildman–Crippen MR) is 148 cm³/mol. The minimum absolute atomic E-state index is 0.0876.